The number of H-pyrrole nitrogens is 1. The van der Waals surface area contributed by atoms with E-state index in [0.717, 1.165) is 11.4 Å². The van der Waals surface area contributed by atoms with Gasteiger partial charge < -0.3 is 4.98 Å². The van der Waals surface area contributed by atoms with E-state index in [1.54, 1.807) is 0 Å². The molecule has 0 amide bonds. The zero-order chi connectivity index (χ0) is 25.5. The van der Waals surface area contributed by atoms with Crippen LogP contribution in [0, 0.1) is 0 Å². The van der Waals surface area contributed by atoms with Crippen molar-refractivity contribution in [1.82, 2.24) is 14.5 Å². The number of pyridine rings is 1. The number of para-hydroxylation sites is 2. The van der Waals surface area contributed by atoms with Crippen LogP contribution in [-0.4, -0.2) is 14.5 Å². The summed E-state index contributed by atoms with van der Waals surface area (Å²) in [7, 11) is 0. The van der Waals surface area contributed by atoms with E-state index in [2.05, 4.69) is 125 Å². The maximum absolute atomic E-state index is 4.85. The predicted molar refractivity (Wildman–Crippen MR) is 166 cm³/mol. The molecule has 182 valence electrons. The van der Waals surface area contributed by atoms with Crippen LogP contribution in [0.5, 0.6) is 0 Å². The van der Waals surface area contributed by atoms with Crippen molar-refractivity contribution in [2.45, 2.75) is 0 Å². The van der Waals surface area contributed by atoms with Crippen molar-refractivity contribution in [2.24, 2.45) is 0 Å². The minimum absolute atomic E-state index is 0.933. The summed E-state index contributed by atoms with van der Waals surface area (Å²) in [5.74, 6) is 0.933. The lowest BCUT2D eigenvalue weighted by Crippen LogP contribution is -1.97. The Morgan fingerprint density at radius 3 is 2.15 bits per heavy atom. The lowest BCUT2D eigenvalue weighted by Gasteiger charge is -2.09. The van der Waals surface area contributed by atoms with E-state index >= 15 is 0 Å². The third kappa shape index (κ3) is 3.01. The smallest absolute Gasteiger partial charge is 0.138 e. The molecular weight excluding hydrogens is 494 g/mol. The minimum Gasteiger partial charge on any atom is -0.354 e. The van der Waals surface area contributed by atoms with Gasteiger partial charge in [-0.1, -0.05) is 66.7 Å². The second-order valence-electron chi connectivity index (χ2n) is 10.2. The molecule has 0 aliphatic heterocycles. The molecule has 0 spiro atoms. The Morgan fingerprint density at radius 2 is 1.26 bits per heavy atom. The summed E-state index contributed by atoms with van der Waals surface area (Å²) in [4.78, 5) is 8.46. The van der Waals surface area contributed by atoms with Gasteiger partial charge in [0.25, 0.3) is 0 Å². The molecule has 0 saturated carbocycles. The number of thiophene rings is 1. The molecule has 9 rings (SSSR count). The molecule has 0 aliphatic carbocycles. The summed E-state index contributed by atoms with van der Waals surface area (Å²) in [5.41, 5.74) is 7.09. The molecular formula is C35H21N3S. The number of benzene rings is 5. The van der Waals surface area contributed by atoms with Crippen LogP contribution in [0.4, 0.5) is 0 Å². The zero-order valence-electron chi connectivity index (χ0n) is 20.8. The number of hydrogen-bond acceptors (Lipinski definition) is 2. The monoisotopic (exact) mass is 515 g/mol. The van der Waals surface area contributed by atoms with Crippen LogP contribution in [-0.2, 0) is 0 Å². The predicted octanol–water partition coefficient (Wildman–Crippen LogP) is 9.85. The third-order valence-electron chi connectivity index (χ3n) is 7.97. The minimum atomic E-state index is 0.933. The van der Waals surface area contributed by atoms with Gasteiger partial charge in [-0.2, -0.15) is 0 Å². The second-order valence-corrected chi connectivity index (χ2v) is 11.2. The summed E-state index contributed by atoms with van der Waals surface area (Å²) >= 11 is 1.86. The van der Waals surface area contributed by atoms with Crippen molar-refractivity contribution in [2.75, 3.05) is 0 Å². The van der Waals surface area contributed by atoms with Crippen molar-refractivity contribution >= 4 is 75.1 Å². The molecule has 0 atom stereocenters. The quantitative estimate of drug-likeness (QED) is 0.244. The van der Waals surface area contributed by atoms with Crippen molar-refractivity contribution in [1.29, 1.82) is 0 Å². The van der Waals surface area contributed by atoms with E-state index in [1.165, 1.54) is 69.3 Å². The first kappa shape index (κ1) is 21.1. The first-order valence-corrected chi connectivity index (χ1v) is 14.0. The van der Waals surface area contributed by atoms with Gasteiger partial charge in [-0.25, -0.2) is 4.98 Å². The topological polar surface area (TPSA) is 33.6 Å². The van der Waals surface area contributed by atoms with Gasteiger partial charge in [0.1, 0.15) is 5.82 Å². The van der Waals surface area contributed by atoms with Crippen molar-refractivity contribution in [3.63, 3.8) is 0 Å². The molecule has 4 heteroatoms. The van der Waals surface area contributed by atoms with Gasteiger partial charge in [-0.3, -0.25) is 4.57 Å². The average molecular weight is 516 g/mol. The molecule has 0 fully saturated rings. The SMILES string of the molecule is c1ccc(-c2ccnc(-n3c4ccccc4c4cc5c(cc43)sc3cc4[nH]c6ccccc6c4cc35)c2)cc1. The molecule has 9 aromatic rings. The van der Waals surface area contributed by atoms with Gasteiger partial charge >= 0.3 is 0 Å². The number of aromatic nitrogens is 3. The lowest BCUT2D eigenvalue weighted by molar-refractivity contribution is 1.08. The number of nitrogens with zero attached hydrogens (tertiary/aromatic N) is 2. The summed E-state index contributed by atoms with van der Waals surface area (Å²) < 4.78 is 4.91. The Hall–Kier alpha value is -4.93. The standard InChI is InChI=1S/C35H21N3S/c1-2-8-21(9-3-1)22-14-15-36-35(16-22)38-31-13-7-5-11-24(31)26-18-28-27-17-25-23-10-4-6-12-29(23)37-30(25)19-33(27)39-34(28)20-32(26)38/h1-20,37H. The first-order chi connectivity index (χ1) is 19.3. The normalized spacial score (nSPS) is 12.1. The Balaban J connectivity index is 1.35. The Kier molecular flexibility index (Phi) is 4.21. The fourth-order valence-corrected chi connectivity index (χ4v) is 7.32. The van der Waals surface area contributed by atoms with Gasteiger partial charge in [0.15, 0.2) is 0 Å². The second kappa shape index (κ2) is 7.79. The van der Waals surface area contributed by atoms with Crippen LogP contribution in [0.15, 0.2) is 121 Å². The van der Waals surface area contributed by atoms with Crippen molar-refractivity contribution < 1.29 is 0 Å². The highest BCUT2D eigenvalue weighted by molar-refractivity contribution is 7.26. The number of aromatic amines is 1. The largest absolute Gasteiger partial charge is 0.354 e. The van der Waals surface area contributed by atoms with Crippen LogP contribution in [0.25, 0.3) is 80.7 Å². The van der Waals surface area contributed by atoms with Crippen LogP contribution in [0.1, 0.15) is 0 Å². The fraction of sp³-hybridized carbons (Fsp3) is 0. The molecule has 4 aromatic heterocycles. The van der Waals surface area contributed by atoms with Crippen LogP contribution < -0.4 is 0 Å². The maximum atomic E-state index is 4.85. The van der Waals surface area contributed by atoms with Crippen molar-refractivity contribution in [3.05, 3.63) is 121 Å². The summed E-state index contributed by atoms with van der Waals surface area (Å²) in [5, 5.41) is 7.68. The molecule has 0 radical (unpaired) electrons. The number of nitrogens with one attached hydrogen (secondary N) is 1. The third-order valence-corrected chi connectivity index (χ3v) is 9.09. The van der Waals surface area contributed by atoms with Gasteiger partial charge in [-0.05, 0) is 59.7 Å². The van der Waals surface area contributed by atoms with Crippen LogP contribution >= 0.6 is 11.3 Å². The van der Waals surface area contributed by atoms with Gasteiger partial charge in [0, 0.05) is 58.9 Å². The van der Waals surface area contributed by atoms with Gasteiger partial charge in [0.2, 0.25) is 0 Å². The van der Waals surface area contributed by atoms with Crippen molar-refractivity contribution in [3.8, 4) is 16.9 Å². The van der Waals surface area contributed by atoms with E-state index < -0.39 is 0 Å². The average Bonchev–Trinajstić information content (AvgIpc) is 3.63. The Morgan fingerprint density at radius 1 is 0.513 bits per heavy atom. The summed E-state index contributed by atoms with van der Waals surface area (Å²) in [6.45, 7) is 0. The van der Waals surface area contributed by atoms with Crippen LogP contribution in [0.3, 0.4) is 0 Å². The summed E-state index contributed by atoms with van der Waals surface area (Å²) in [6.07, 6.45) is 1.92. The molecule has 3 nitrogen and oxygen atoms in total. The van der Waals surface area contributed by atoms with E-state index in [1.807, 2.05) is 17.5 Å². The molecule has 0 aliphatic rings. The van der Waals surface area contributed by atoms with E-state index in [9.17, 15) is 0 Å². The van der Waals surface area contributed by atoms with E-state index in [4.69, 9.17) is 4.98 Å². The van der Waals surface area contributed by atoms with E-state index in [0.29, 0.717) is 0 Å². The highest BCUT2D eigenvalue weighted by Gasteiger charge is 2.17. The van der Waals surface area contributed by atoms with Crippen LogP contribution in [0.2, 0.25) is 0 Å². The molecule has 0 bridgehead atoms. The van der Waals surface area contributed by atoms with E-state index in [-0.39, 0.29) is 0 Å². The molecule has 5 aromatic carbocycles. The molecule has 1 N–H and O–H groups in total. The number of hydrogen-bond donors (Lipinski definition) is 1. The van der Waals surface area contributed by atoms with Gasteiger partial charge in [-0.15, -0.1) is 11.3 Å². The molecule has 0 unspecified atom stereocenters. The molecule has 4 heterocycles. The summed E-state index contributed by atoms with van der Waals surface area (Å²) in [6, 6.07) is 41.5. The Labute approximate surface area is 227 Å². The fourth-order valence-electron chi connectivity index (χ4n) is 6.18. The Bertz CT molecular complexity index is 2390. The maximum Gasteiger partial charge on any atom is 0.138 e. The molecule has 39 heavy (non-hydrogen) atoms. The lowest BCUT2D eigenvalue weighted by atomic mass is 10.1. The number of fused-ring (bicyclic) bond motifs is 9. The van der Waals surface area contributed by atoms with Gasteiger partial charge in [0.05, 0.1) is 11.0 Å². The highest BCUT2D eigenvalue weighted by Crippen LogP contribution is 2.42. The first-order valence-electron chi connectivity index (χ1n) is 13.1. The molecule has 0 saturated heterocycles. The zero-order valence-corrected chi connectivity index (χ0v) is 21.7. The highest BCUT2D eigenvalue weighted by atomic mass is 32.1. The number of rotatable bonds is 2.